The maximum absolute atomic E-state index is 12.4. The fourth-order valence-corrected chi connectivity index (χ4v) is 3.00. The van der Waals surface area contributed by atoms with E-state index in [-0.39, 0.29) is 18.4 Å². The fourth-order valence-electron chi connectivity index (χ4n) is 3.00. The summed E-state index contributed by atoms with van der Waals surface area (Å²) in [5.41, 5.74) is 0.139. The van der Waals surface area contributed by atoms with Crippen LogP contribution in [0, 0.1) is 0 Å². The van der Waals surface area contributed by atoms with Crippen molar-refractivity contribution < 1.29 is 19.5 Å². The van der Waals surface area contributed by atoms with Gasteiger partial charge < -0.3 is 5.11 Å². The first-order valence-electron chi connectivity index (χ1n) is 7.66. The molecule has 0 bridgehead atoms. The Morgan fingerprint density at radius 2 is 1.65 bits per heavy atom. The van der Waals surface area contributed by atoms with Gasteiger partial charge in [0.15, 0.2) is 0 Å². The second-order valence-corrected chi connectivity index (χ2v) is 6.65. The highest BCUT2D eigenvalue weighted by molar-refractivity contribution is 6.21. The minimum atomic E-state index is -1.05. The zero-order chi connectivity index (χ0) is 17.4. The van der Waals surface area contributed by atoms with Crippen LogP contribution < -0.4 is 0 Å². The van der Waals surface area contributed by atoms with Crippen LogP contribution in [-0.2, 0) is 0 Å². The first-order chi connectivity index (χ1) is 10.7. The normalized spacial score (nSPS) is 15.6. The third-order valence-corrected chi connectivity index (χ3v) is 4.04. The Kier molecular flexibility index (Phi) is 4.45. The average molecular weight is 318 g/mol. The number of amides is 3. The second-order valence-electron chi connectivity index (χ2n) is 6.65. The van der Waals surface area contributed by atoms with Crippen molar-refractivity contribution in [2.45, 2.75) is 45.7 Å². The van der Waals surface area contributed by atoms with E-state index in [1.165, 1.54) is 4.90 Å². The highest BCUT2D eigenvalue weighted by atomic mass is 16.4. The van der Waals surface area contributed by atoms with E-state index < -0.39 is 17.7 Å². The Morgan fingerprint density at radius 1 is 1.17 bits per heavy atom. The number of nitrogens with zero attached hydrogens (tertiary/aromatic N) is 2. The molecule has 0 aliphatic carbocycles. The Labute approximate surface area is 135 Å². The van der Waals surface area contributed by atoms with Gasteiger partial charge >= 0.3 is 6.09 Å². The lowest BCUT2D eigenvalue weighted by molar-refractivity contribution is 0.0423. The van der Waals surface area contributed by atoms with Crippen LogP contribution in [0.3, 0.4) is 0 Å². The number of carbonyl (C=O) groups is 3. The predicted molar refractivity (Wildman–Crippen MR) is 85.5 cm³/mol. The molecule has 124 valence electrons. The van der Waals surface area contributed by atoms with E-state index in [1.807, 2.05) is 6.92 Å². The predicted octanol–water partition coefficient (Wildman–Crippen LogP) is 2.84. The van der Waals surface area contributed by atoms with E-state index in [9.17, 15) is 19.5 Å². The molecule has 0 saturated heterocycles. The van der Waals surface area contributed by atoms with Crippen molar-refractivity contribution in [1.29, 1.82) is 0 Å². The van der Waals surface area contributed by atoms with Crippen LogP contribution in [0.15, 0.2) is 24.3 Å². The fraction of sp³-hybridized carbons (Fsp3) is 0.471. The molecule has 2 rings (SSSR count). The number of hydrogen-bond acceptors (Lipinski definition) is 3. The van der Waals surface area contributed by atoms with Crippen molar-refractivity contribution in [1.82, 2.24) is 9.80 Å². The summed E-state index contributed by atoms with van der Waals surface area (Å²) in [6, 6.07) is 6.21. The molecule has 0 radical (unpaired) electrons. The molecular weight excluding hydrogens is 296 g/mol. The molecule has 1 aromatic rings. The largest absolute Gasteiger partial charge is 0.465 e. The monoisotopic (exact) mass is 318 g/mol. The minimum Gasteiger partial charge on any atom is -0.465 e. The van der Waals surface area contributed by atoms with Gasteiger partial charge in [-0.15, -0.1) is 0 Å². The molecule has 0 unspecified atom stereocenters. The SMILES string of the molecule is CC[C@H](CN1C(=O)c2ccccc2C1=O)N(C(=O)O)C(C)(C)C. The van der Waals surface area contributed by atoms with Gasteiger partial charge in [0.25, 0.3) is 11.8 Å². The first-order valence-corrected chi connectivity index (χ1v) is 7.66. The molecule has 1 atom stereocenters. The Morgan fingerprint density at radius 3 is 2.00 bits per heavy atom. The van der Waals surface area contributed by atoms with E-state index in [2.05, 4.69) is 0 Å². The smallest absolute Gasteiger partial charge is 0.408 e. The zero-order valence-electron chi connectivity index (χ0n) is 13.9. The number of hydrogen-bond donors (Lipinski definition) is 1. The van der Waals surface area contributed by atoms with Gasteiger partial charge in [0.2, 0.25) is 0 Å². The molecule has 1 heterocycles. The summed E-state index contributed by atoms with van der Waals surface area (Å²) < 4.78 is 0. The maximum atomic E-state index is 12.4. The summed E-state index contributed by atoms with van der Waals surface area (Å²) in [7, 11) is 0. The van der Waals surface area contributed by atoms with Gasteiger partial charge in [0, 0.05) is 12.1 Å². The summed E-state index contributed by atoms with van der Waals surface area (Å²) in [5, 5.41) is 9.53. The van der Waals surface area contributed by atoms with Crippen molar-refractivity contribution >= 4 is 17.9 Å². The van der Waals surface area contributed by atoms with Crippen LogP contribution in [0.5, 0.6) is 0 Å². The summed E-state index contributed by atoms with van der Waals surface area (Å²) >= 11 is 0. The number of benzene rings is 1. The van der Waals surface area contributed by atoms with Crippen molar-refractivity contribution in [3.63, 3.8) is 0 Å². The summed E-state index contributed by atoms with van der Waals surface area (Å²) in [4.78, 5) is 39.0. The van der Waals surface area contributed by atoms with Crippen LogP contribution in [0.25, 0.3) is 0 Å². The van der Waals surface area contributed by atoms with Crippen molar-refractivity contribution in [2.75, 3.05) is 6.54 Å². The molecule has 1 aromatic carbocycles. The molecule has 23 heavy (non-hydrogen) atoms. The number of carbonyl (C=O) groups excluding carboxylic acids is 2. The number of carboxylic acid groups (broad SMARTS) is 1. The van der Waals surface area contributed by atoms with Crippen molar-refractivity contribution in [2.24, 2.45) is 0 Å². The number of fused-ring (bicyclic) bond motifs is 1. The van der Waals surface area contributed by atoms with Crippen LogP contribution in [-0.4, -0.2) is 50.9 Å². The lowest BCUT2D eigenvalue weighted by Gasteiger charge is -2.40. The molecule has 1 aliphatic heterocycles. The second kappa shape index (κ2) is 6.02. The summed E-state index contributed by atoms with van der Waals surface area (Å²) in [6.45, 7) is 7.31. The average Bonchev–Trinajstić information content (AvgIpc) is 2.70. The quantitative estimate of drug-likeness (QED) is 0.866. The molecule has 0 fully saturated rings. The van der Waals surface area contributed by atoms with E-state index in [1.54, 1.807) is 45.0 Å². The van der Waals surface area contributed by atoms with Gasteiger partial charge in [-0.1, -0.05) is 19.1 Å². The van der Waals surface area contributed by atoms with E-state index in [4.69, 9.17) is 0 Å². The lowest BCUT2D eigenvalue weighted by Crippen LogP contribution is -2.55. The lowest BCUT2D eigenvalue weighted by atomic mass is 10.0. The van der Waals surface area contributed by atoms with Crippen molar-refractivity contribution in [3.05, 3.63) is 35.4 Å². The Hall–Kier alpha value is -2.37. The maximum Gasteiger partial charge on any atom is 0.408 e. The molecule has 6 heteroatoms. The molecular formula is C17H22N2O4. The molecule has 0 saturated carbocycles. The highest BCUT2D eigenvalue weighted by Crippen LogP contribution is 2.26. The zero-order valence-corrected chi connectivity index (χ0v) is 13.9. The molecule has 0 aromatic heterocycles. The van der Waals surface area contributed by atoms with E-state index in [0.29, 0.717) is 17.5 Å². The summed E-state index contributed by atoms with van der Waals surface area (Å²) in [5.74, 6) is -0.716. The minimum absolute atomic E-state index is 0.0619. The molecule has 1 N–H and O–H groups in total. The topological polar surface area (TPSA) is 77.9 Å². The highest BCUT2D eigenvalue weighted by Gasteiger charge is 2.40. The van der Waals surface area contributed by atoms with Crippen LogP contribution in [0.4, 0.5) is 4.79 Å². The summed E-state index contributed by atoms with van der Waals surface area (Å²) in [6.07, 6.45) is -0.544. The van der Waals surface area contributed by atoms with Crippen molar-refractivity contribution in [3.8, 4) is 0 Å². The molecule has 0 spiro atoms. The van der Waals surface area contributed by atoms with E-state index >= 15 is 0 Å². The Balaban J connectivity index is 2.29. The third kappa shape index (κ3) is 3.06. The molecule has 6 nitrogen and oxygen atoms in total. The number of rotatable bonds is 4. The van der Waals surface area contributed by atoms with Gasteiger partial charge in [0.05, 0.1) is 17.2 Å². The van der Waals surface area contributed by atoms with Gasteiger partial charge in [-0.05, 0) is 39.3 Å². The van der Waals surface area contributed by atoms with Crippen LogP contribution in [0.2, 0.25) is 0 Å². The molecule has 3 amide bonds. The first kappa shape index (κ1) is 17.0. The third-order valence-electron chi connectivity index (χ3n) is 4.04. The molecule has 1 aliphatic rings. The van der Waals surface area contributed by atoms with Gasteiger partial charge in [-0.2, -0.15) is 0 Å². The van der Waals surface area contributed by atoms with E-state index in [0.717, 1.165) is 4.90 Å². The van der Waals surface area contributed by atoms with Gasteiger partial charge in [-0.25, -0.2) is 4.79 Å². The van der Waals surface area contributed by atoms with Gasteiger partial charge in [0.1, 0.15) is 0 Å². The Bertz CT molecular complexity index is 613. The van der Waals surface area contributed by atoms with Crippen LogP contribution >= 0.6 is 0 Å². The van der Waals surface area contributed by atoms with Crippen LogP contribution in [0.1, 0.15) is 54.8 Å². The standard InChI is InChI=1S/C17H22N2O4/c1-5-11(19(16(22)23)17(2,3)4)10-18-14(20)12-8-6-7-9-13(12)15(18)21/h6-9,11H,5,10H2,1-4H3,(H,22,23)/t11-/m1/s1. The van der Waals surface area contributed by atoms with Gasteiger partial charge in [-0.3, -0.25) is 19.4 Å². The number of imide groups is 1.